The molecule has 2 fully saturated rings. The van der Waals surface area contributed by atoms with Crippen LogP contribution in [-0.4, -0.2) is 67.9 Å². The molecule has 13 heteroatoms. The fraction of sp³-hybridized carbons (Fsp3) is 0.344. The Kier molecular flexibility index (Phi) is 8.31. The highest BCUT2D eigenvalue weighted by molar-refractivity contribution is 9.10. The van der Waals surface area contributed by atoms with E-state index >= 15 is 0 Å². The number of hydrogen-bond donors (Lipinski definition) is 1. The van der Waals surface area contributed by atoms with Crippen molar-refractivity contribution >= 4 is 44.0 Å². The number of aromatic nitrogens is 4. The minimum Gasteiger partial charge on any atom is -0.379 e. The van der Waals surface area contributed by atoms with Crippen LogP contribution in [-0.2, 0) is 6.18 Å². The third kappa shape index (κ3) is 6.54. The maximum Gasteiger partial charge on any atom is 0.418 e. The van der Waals surface area contributed by atoms with Crippen molar-refractivity contribution in [2.24, 2.45) is 0 Å². The molecule has 0 spiro atoms. The average Bonchev–Trinajstić information content (AvgIpc) is 3.45. The Hall–Kier alpha value is -4.00. The summed E-state index contributed by atoms with van der Waals surface area (Å²) in [5.41, 5.74) is 3.28. The van der Waals surface area contributed by atoms with E-state index in [0.717, 1.165) is 22.7 Å². The van der Waals surface area contributed by atoms with Crippen LogP contribution in [0.1, 0.15) is 42.4 Å². The number of benzene rings is 2. The highest BCUT2D eigenvalue weighted by atomic mass is 79.9. The standard InChI is InChI=1S/C32H31BrF5N7/c1-20(22-14-25(18-39-17-22)45-29-8-4-3-7-28(29)41-42-45)44-11-5-6-24(19-44)40-30-26(15-23(33)16-27(30)32(36,37)38)21(2)43-12-9-31(34,35)10-13-43/h3-4,7-8,14-18,24,40H,1-2,5-6,9-13,19H2. The van der Waals surface area contributed by atoms with E-state index < -0.39 is 17.7 Å². The molecule has 1 atom stereocenters. The molecule has 45 heavy (non-hydrogen) atoms. The van der Waals surface area contributed by atoms with Gasteiger partial charge in [0.15, 0.2) is 0 Å². The van der Waals surface area contributed by atoms with Crippen molar-refractivity contribution in [2.45, 2.75) is 43.8 Å². The lowest BCUT2D eigenvalue weighted by Crippen LogP contribution is -2.41. The minimum absolute atomic E-state index is 0.00759. The van der Waals surface area contributed by atoms with E-state index in [0.29, 0.717) is 37.3 Å². The molecule has 6 rings (SSSR count). The van der Waals surface area contributed by atoms with Gasteiger partial charge >= 0.3 is 6.18 Å². The van der Waals surface area contributed by atoms with Crippen LogP contribution in [0.5, 0.6) is 0 Å². The first kappa shape index (κ1) is 31.0. The normalized spacial score (nSPS) is 18.7. The molecule has 236 valence electrons. The second-order valence-electron chi connectivity index (χ2n) is 11.5. The third-order valence-corrected chi connectivity index (χ3v) is 8.86. The molecular formula is C32H31BrF5N7. The molecule has 2 aliphatic heterocycles. The summed E-state index contributed by atoms with van der Waals surface area (Å²) in [4.78, 5) is 8.07. The molecule has 0 saturated carbocycles. The first-order valence-electron chi connectivity index (χ1n) is 14.6. The second kappa shape index (κ2) is 12.1. The Morgan fingerprint density at radius 1 is 0.978 bits per heavy atom. The molecular weight excluding hydrogens is 657 g/mol. The lowest BCUT2D eigenvalue weighted by Gasteiger charge is -2.38. The Balaban J connectivity index is 1.25. The molecule has 7 nitrogen and oxygen atoms in total. The van der Waals surface area contributed by atoms with Gasteiger partial charge in [-0.3, -0.25) is 4.98 Å². The number of hydrogen-bond acceptors (Lipinski definition) is 6. The van der Waals surface area contributed by atoms with Gasteiger partial charge in [-0.05, 0) is 43.2 Å². The number of nitrogens with one attached hydrogen (secondary N) is 1. The molecule has 4 aromatic rings. The van der Waals surface area contributed by atoms with E-state index in [1.165, 1.54) is 0 Å². The maximum absolute atomic E-state index is 14.4. The van der Waals surface area contributed by atoms with Crippen LogP contribution >= 0.6 is 15.9 Å². The largest absolute Gasteiger partial charge is 0.418 e. The molecule has 0 aliphatic carbocycles. The van der Waals surface area contributed by atoms with Crippen LogP contribution in [0.4, 0.5) is 27.6 Å². The zero-order chi connectivity index (χ0) is 31.9. The lowest BCUT2D eigenvalue weighted by atomic mass is 9.98. The minimum atomic E-state index is -4.66. The third-order valence-electron chi connectivity index (χ3n) is 8.40. The zero-order valence-corrected chi connectivity index (χ0v) is 25.9. The maximum atomic E-state index is 14.4. The van der Waals surface area contributed by atoms with Gasteiger partial charge in [0.05, 0.1) is 28.7 Å². The fourth-order valence-corrected chi connectivity index (χ4v) is 6.43. The van der Waals surface area contributed by atoms with Crippen LogP contribution in [0.2, 0.25) is 0 Å². The van der Waals surface area contributed by atoms with Crippen molar-refractivity contribution in [3.05, 3.63) is 89.2 Å². The number of rotatable bonds is 7. The Bertz CT molecular complexity index is 1740. The molecule has 0 amide bonds. The van der Waals surface area contributed by atoms with E-state index in [-0.39, 0.29) is 53.4 Å². The Morgan fingerprint density at radius 3 is 2.49 bits per heavy atom. The number of nitrogens with zero attached hydrogens (tertiary/aromatic N) is 6. The Morgan fingerprint density at radius 2 is 1.73 bits per heavy atom. The Labute approximate surface area is 265 Å². The van der Waals surface area contributed by atoms with Gasteiger partial charge in [-0.2, -0.15) is 13.2 Å². The smallest absolute Gasteiger partial charge is 0.379 e. The van der Waals surface area contributed by atoms with Crippen molar-refractivity contribution < 1.29 is 22.0 Å². The molecule has 1 N–H and O–H groups in total. The van der Waals surface area contributed by atoms with Crippen LogP contribution in [0, 0.1) is 0 Å². The van der Waals surface area contributed by atoms with Crippen LogP contribution in [0.25, 0.3) is 28.1 Å². The van der Waals surface area contributed by atoms with Crippen LogP contribution in [0.3, 0.4) is 0 Å². The topological polar surface area (TPSA) is 62.1 Å². The van der Waals surface area contributed by atoms with Gasteiger partial charge in [0, 0.05) is 78.3 Å². The summed E-state index contributed by atoms with van der Waals surface area (Å²) in [7, 11) is 0. The number of likely N-dealkylation sites (tertiary alicyclic amines) is 2. The second-order valence-corrected chi connectivity index (χ2v) is 12.4. The first-order chi connectivity index (χ1) is 21.4. The van der Waals surface area contributed by atoms with Gasteiger partial charge < -0.3 is 15.1 Å². The van der Waals surface area contributed by atoms with Crippen molar-refractivity contribution in [2.75, 3.05) is 31.5 Å². The number of anilines is 1. The summed E-state index contributed by atoms with van der Waals surface area (Å²) in [5.74, 6) is -2.79. The number of fused-ring (bicyclic) bond motifs is 1. The summed E-state index contributed by atoms with van der Waals surface area (Å²) < 4.78 is 72.8. The molecule has 2 aromatic heterocycles. The first-order valence-corrected chi connectivity index (χ1v) is 15.4. The van der Waals surface area contributed by atoms with E-state index in [2.05, 4.69) is 49.7 Å². The van der Waals surface area contributed by atoms with Crippen molar-refractivity contribution in [1.29, 1.82) is 0 Å². The molecule has 0 bridgehead atoms. The quantitative estimate of drug-likeness (QED) is 0.200. The highest BCUT2D eigenvalue weighted by Gasteiger charge is 2.39. The van der Waals surface area contributed by atoms with E-state index in [9.17, 15) is 22.0 Å². The van der Waals surface area contributed by atoms with Gasteiger partial charge in [0.25, 0.3) is 5.92 Å². The number of pyridine rings is 1. The summed E-state index contributed by atoms with van der Waals surface area (Å²) in [6.07, 6.45) is -0.693. The number of halogens is 6. The molecule has 2 saturated heterocycles. The van der Waals surface area contributed by atoms with E-state index in [4.69, 9.17) is 0 Å². The van der Waals surface area contributed by atoms with Crippen LogP contribution in [0.15, 0.2) is 72.5 Å². The molecule has 0 radical (unpaired) electrons. The predicted octanol–water partition coefficient (Wildman–Crippen LogP) is 7.85. The van der Waals surface area contributed by atoms with Gasteiger partial charge in [-0.25, -0.2) is 13.5 Å². The summed E-state index contributed by atoms with van der Waals surface area (Å²) in [5, 5.41) is 11.7. The van der Waals surface area contributed by atoms with Crippen molar-refractivity contribution in [3.8, 4) is 5.69 Å². The summed E-state index contributed by atoms with van der Waals surface area (Å²) >= 11 is 3.22. The zero-order valence-electron chi connectivity index (χ0n) is 24.3. The predicted molar refractivity (Wildman–Crippen MR) is 168 cm³/mol. The van der Waals surface area contributed by atoms with Crippen molar-refractivity contribution in [3.63, 3.8) is 0 Å². The van der Waals surface area contributed by atoms with Gasteiger partial charge in [-0.1, -0.05) is 46.4 Å². The van der Waals surface area contributed by atoms with Gasteiger partial charge in [0.2, 0.25) is 0 Å². The van der Waals surface area contributed by atoms with Gasteiger partial charge in [0.1, 0.15) is 5.52 Å². The van der Waals surface area contributed by atoms with E-state index in [1.807, 2.05) is 35.2 Å². The van der Waals surface area contributed by atoms with Crippen molar-refractivity contribution in [1.82, 2.24) is 29.8 Å². The van der Waals surface area contributed by atoms with Gasteiger partial charge in [-0.15, -0.1) is 5.10 Å². The number of alkyl halides is 5. The van der Waals surface area contributed by atoms with E-state index in [1.54, 1.807) is 28.0 Å². The SMILES string of the molecule is C=C(c1cncc(-n2nnc3ccccc32)c1)N1CCCC(Nc2c(C(=C)N3CCC(F)(F)CC3)cc(Br)cc2C(F)(F)F)C1. The van der Waals surface area contributed by atoms with Crippen LogP contribution < -0.4 is 5.32 Å². The summed E-state index contributed by atoms with van der Waals surface area (Å²) in [6.45, 7) is 9.44. The number of piperidine rings is 2. The monoisotopic (exact) mass is 687 g/mol. The fourth-order valence-electron chi connectivity index (χ4n) is 5.98. The highest BCUT2D eigenvalue weighted by Crippen LogP contribution is 2.43. The molecule has 2 aliphatic rings. The molecule has 1 unspecified atom stereocenters. The summed E-state index contributed by atoms with van der Waals surface area (Å²) in [6, 6.07) is 11.7. The molecule has 2 aromatic carbocycles. The lowest BCUT2D eigenvalue weighted by molar-refractivity contribution is -0.137. The average molecular weight is 689 g/mol. The number of para-hydroxylation sites is 1. The molecule has 4 heterocycles.